The van der Waals surface area contributed by atoms with Gasteiger partial charge in [-0.1, -0.05) is 30.3 Å². The molecule has 3 rings (SSSR count). The zero-order valence-electron chi connectivity index (χ0n) is 13.7. The van der Waals surface area contributed by atoms with Crippen LogP contribution < -0.4 is 5.32 Å². The smallest absolute Gasteiger partial charge is 0.372 e. The van der Waals surface area contributed by atoms with Crippen LogP contribution >= 0.6 is 11.8 Å². The van der Waals surface area contributed by atoms with Gasteiger partial charge in [0.2, 0.25) is 0 Å². The molecule has 1 N–H and O–H groups in total. The fourth-order valence-electron chi connectivity index (χ4n) is 2.66. The van der Waals surface area contributed by atoms with E-state index in [0.29, 0.717) is 0 Å². The van der Waals surface area contributed by atoms with Gasteiger partial charge in [-0.3, -0.25) is 0 Å². The number of hydrogen-bond acceptors (Lipinski definition) is 5. The second-order valence-corrected chi connectivity index (χ2v) is 6.48. The average molecular weight is 406 g/mol. The Balaban J connectivity index is 2.13. The van der Waals surface area contributed by atoms with E-state index in [9.17, 15) is 26.3 Å². The van der Waals surface area contributed by atoms with Crippen molar-refractivity contribution in [2.45, 2.75) is 24.8 Å². The minimum atomic E-state index is -4.98. The SMILES string of the molecule is CSC1=Nc2c(C(F)(F)F)nnc(C(F)(F)F)c2NC1Cc1ccccc1. The molecular formula is C16H12F6N4S. The van der Waals surface area contributed by atoms with Gasteiger partial charge >= 0.3 is 12.4 Å². The highest BCUT2D eigenvalue weighted by atomic mass is 32.2. The van der Waals surface area contributed by atoms with Gasteiger partial charge in [0.1, 0.15) is 5.69 Å². The number of hydrogen-bond donors (Lipinski definition) is 1. The van der Waals surface area contributed by atoms with Crippen LogP contribution in [0.25, 0.3) is 0 Å². The minimum absolute atomic E-state index is 0.234. The number of fused-ring (bicyclic) bond motifs is 1. The summed E-state index contributed by atoms with van der Waals surface area (Å²) in [6.07, 6.45) is -8.11. The third-order valence-electron chi connectivity index (χ3n) is 3.82. The lowest BCUT2D eigenvalue weighted by Gasteiger charge is -2.29. The first-order valence-corrected chi connectivity index (χ1v) is 8.82. The van der Waals surface area contributed by atoms with Crippen molar-refractivity contribution in [2.24, 2.45) is 4.99 Å². The quantitative estimate of drug-likeness (QED) is 0.718. The summed E-state index contributed by atoms with van der Waals surface area (Å²) in [5.41, 5.74) is -3.97. The molecule has 1 aromatic heterocycles. The minimum Gasteiger partial charge on any atom is -0.372 e. The van der Waals surface area contributed by atoms with Crippen LogP contribution in [0, 0.1) is 0 Å². The number of benzene rings is 1. The molecule has 0 radical (unpaired) electrons. The molecule has 1 aliphatic heterocycles. The Bertz CT molecular complexity index is 864. The Kier molecular flexibility index (Phi) is 5.06. The van der Waals surface area contributed by atoms with E-state index < -0.39 is 41.2 Å². The van der Waals surface area contributed by atoms with Gasteiger partial charge in [-0.05, 0) is 18.2 Å². The van der Waals surface area contributed by atoms with Gasteiger partial charge in [0, 0.05) is 0 Å². The van der Waals surface area contributed by atoms with Gasteiger partial charge in [0.05, 0.1) is 16.8 Å². The first-order chi connectivity index (χ1) is 12.6. The first kappa shape index (κ1) is 19.5. The molecular weight excluding hydrogens is 394 g/mol. The molecule has 0 aliphatic carbocycles. The predicted molar refractivity (Wildman–Crippen MR) is 90.2 cm³/mol. The summed E-state index contributed by atoms with van der Waals surface area (Å²) >= 11 is 1.06. The summed E-state index contributed by atoms with van der Waals surface area (Å²) in [7, 11) is 0. The van der Waals surface area contributed by atoms with Crippen molar-refractivity contribution in [3.05, 3.63) is 47.3 Å². The predicted octanol–water partition coefficient (Wildman–Crippen LogP) is 4.94. The zero-order valence-corrected chi connectivity index (χ0v) is 14.5. The van der Waals surface area contributed by atoms with E-state index in [1.165, 1.54) is 0 Å². The molecule has 2 aromatic rings. The molecule has 0 saturated carbocycles. The van der Waals surface area contributed by atoms with Gasteiger partial charge in [0.15, 0.2) is 11.4 Å². The van der Waals surface area contributed by atoms with E-state index >= 15 is 0 Å². The highest BCUT2D eigenvalue weighted by molar-refractivity contribution is 8.13. The molecule has 0 saturated heterocycles. The average Bonchev–Trinajstić information content (AvgIpc) is 2.59. The summed E-state index contributed by atoms with van der Waals surface area (Å²) in [6.45, 7) is 0. The second-order valence-electron chi connectivity index (χ2n) is 5.66. The van der Waals surface area contributed by atoms with Gasteiger partial charge in [0.25, 0.3) is 0 Å². The van der Waals surface area contributed by atoms with Crippen LogP contribution in [0.1, 0.15) is 17.0 Å². The van der Waals surface area contributed by atoms with E-state index in [0.717, 1.165) is 17.3 Å². The Morgan fingerprint density at radius 2 is 1.56 bits per heavy atom. The Morgan fingerprint density at radius 1 is 0.963 bits per heavy atom. The number of halogens is 6. The molecule has 4 nitrogen and oxygen atoms in total. The van der Waals surface area contributed by atoms with Gasteiger partial charge < -0.3 is 5.32 Å². The fourth-order valence-corrected chi connectivity index (χ4v) is 3.27. The molecule has 11 heteroatoms. The maximum atomic E-state index is 13.3. The number of alkyl halides is 6. The Morgan fingerprint density at radius 3 is 2.11 bits per heavy atom. The van der Waals surface area contributed by atoms with Crippen LogP contribution in [0.5, 0.6) is 0 Å². The van der Waals surface area contributed by atoms with Crippen molar-refractivity contribution in [3.63, 3.8) is 0 Å². The maximum absolute atomic E-state index is 13.3. The van der Waals surface area contributed by atoms with Gasteiger partial charge in [-0.15, -0.1) is 22.0 Å². The molecule has 0 spiro atoms. The largest absolute Gasteiger partial charge is 0.437 e. The molecule has 0 fully saturated rings. The summed E-state index contributed by atoms with van der Waals surface area (Å²) < 4.78 is 79.4. The normalized spacial score (nSPS) is 17.1. The Hall–Kier alpha value is -2.30. The zero-order chi connectivity index (χ0) is 19.8. The standard InChI is InChI=1S/C16H12F6N4S/c1-27-14-9(7-8-5-3-2-4-6-8)23-10-11(24-14)13(16(20,21)22)26-25-12(10)15(17,18)19/h2-6,9,23H,7H2,1H3. The van der Waals surface area contributed by atoms with Crippen LogP contribution in [-0.4, -0.2) is 27.5 Å². The number of nitrogens with one attached hydrogen (secondary N) is 1. The van der Waals surface area contributed by atoms with Crippen molar-refractivity contribution in [1.29, 1.82) is 0 Å². The van der Waals surface area contributed by atoms with Crippen molar-refractivity contribution in [1.82, 2.24) is 10.2 Å². The van der Waals surface area contributed by atoms with Gasteiger partial charge in [-0.25, -0.2) is 4.99 Å². The summed E-state index contributed by atoms with van der Waals surface area (Å²) in [5, 5.41) is 8.34. The molecule has 0 amide bonds. The summed E-state index contributed by atoms with van der Waals surface area (Å²) in [6, 6.07) is 8.12. The van der Waals surface area contributed by atoms with E-state index in [-0.39, 0.29) is 11.5 Å². The molecule has 1 aromatic carbocycles. The van der Waals surface area contributed by atoms with Crippen LogP contribution in [-0.2, 0) is 18.8 Å². The molecule has 1 unspecified atom stereocenters. The first-order valence-electron chi connectivity index (χ1n) is 7.59. The number of nitrogens with zero attached hydrogens (tertiary/aromatic N) is 3. The van der Waals surface area contributed by atoms with Crippen molar-refractivity contribution in [2.75, 3.05) is 11.6 Å². The second kappa shape index (κ2) is 7.02. The van der Waals surface area contributed by atoms with Crippen LogP contribution in [0.2, 0.25) is 0 Å². The van der Waals surface area contributed by atoms with Crippen LogP contribution in [0.15, 0.2) is 35.3 Å². The highest BCUT2D eigenvalue weighted by Gasteiger charge is 2.45. The Labute approximate surface area is 154 Å². The highest BCUT2D eigenvalue weighted by Crippen LogP contribution is 2.46. The molecule has 2 heterocycles. The van der Waals surface area contributed by atoms with Crippen molar-refractivity contribution in [3.8, 4) is 0 Å². The molecule has 0 bridgehead atoms. The third kappa shape index (κ3) is 4.02. The molecule has 144 valence electrons. The van der Waals surface area contributed by atoms with Crippen molar-refractivity contribution < 1.29 is 26.3 Å². The van der Waals surface area contributed by atoms with E-state index in [4.69, 9.17) is 0 Å². The van der Waals surface area contributed by atoms with E-state index in [1.54, 1.807) is 36.6 Å². The number of anilines is 1. The molecule has 1 aliphatic rings. The van der Waals surface area contributed by atoms with Crippen LogP contribution in [0.3, 0.4) is 0 Å². The summed E-state index contributed by atoms with van der Waals surface area (Å²) in [4.78, 5) is 3.88. The number of thioether (sulfide) groups is 1. The topological polar surface area (TPSA) is 50.2 Å². The van der Waals surface area contributed by atoms with E-state index in [2.05, 4.69) is 20.5 Å². The molecule has 1 atom stereocenters. The van der Waals surface area contributed by atoms with E-state index in [1.807, 2.05) is 0 Å². The third-order valence-corrected chi connectivity index (χ3v) is 4.61. The lowest BCUT2D eigenvalue weighted by molar-refractivity contribution is -0.146. The van der Waals surface area contributed by atoms with Gasteiger partial charge in [-0.2, -0.15) is 26.3 Å². The fraction of sp³-hybridized carbons (Fsp3) is 0.312. The number of rotatable bonds is 2. The lowest BCUT2D eigenvalue weighted by atomic mass is 10.0. The lowest BCUT2D eigenvalue weighted by Crippen LogP contribution is -2.34. The monoisotopic (exact) mass is 406 g/mol. The summed E-state index contributed by atoms with van der Waals surface area (Å²) in [5.74, 6) is 0. The van der Waals surface area contributed by atoms with Crippen molar-refractivity contribution >= 4 is 28.2 Å². The number of aromatic nitrogens is 2. The van der Waals surface area contributed by atoms with Crippen LogP contribution in [0.4, 0.5) is 37.7 Å². The maximum Gasteiger partial charge on any atom is 0.437 e. The molecule has 27 heavy (non-hydrogen) atoms. The number of aliphatic imine (C=N–C) groups is 1.